The van der Waals surface area contributed by atoms with Crippen molar-refractivity contribution < 1.29 is 0 Å². The number of aromatic nitrogens is 2. The largest absolute Gasteiger partial charge is 0.254 e. The van der Waals surface area contributed by atoms with Crippen LogP contribution in [0.1, 0.15) is 5.56 Å². The molecule has 0 saturated carbocycles. The van der Waals surface area contributed by atoms with Crippen molar-refractivity contribution in [3.05, 3.63) is 109 Å². The zero-order valence-corrected chi connectivity index (χ0v) is 19.4. The van der Waals surface area contributed by atoms with Gasteiger partial charge in [0.15, 0.2) is 0 Å². The first kappa shape index (κ1) is 19.8. The Balaban J connectivity index is 1.45. The Kier molecular flexibility index (Phi) is 4.38. The molecule has 3 nitrogen and oxygen atoms in total. The summed E-state index contributed by atoms with van der Waals surface area (Å²) >= 11 is 1.82. The monoisotopic (exact) mass is 463 g/mol. The lowest BCUT2D eigenvalue weighted by Crippen LogP contribution is -1.88. The normalized spacial score (nSPS) is 11.4. The molecule has 3 aromatic heterocycles. The molecule has 7 rings (SSSR count). The summed E-state index contributed by atoms with van der Waals surface area (Å²) < 4.78 is 2.54. The summed E-state index contributed by atoms with van der Waals surface area (Å²) in [5, 5.41) is 13.8. The van der Waals surface area contributed by atoms with Crippen molar-refractivity contribution in [2.75, 3.05) is 0 Å². The van der Waals surface area contributed by atoms with Crippen LogP contribution in [0.15, 0.2) is 103 Å². The molecule has 4 aromatic carbocycles. The van der Waals surface area contributed by atoms with E-state index in [9.17, 15) is 0 Å². The average Bonchev–Trinajstić information content (AvgIpc) is 3.30. The molecule has 7 aromatic rings. The van der Waals surface area contributed by atoms with Crippen molar-refractivity contribution in [2.24, 2.45) is 0 Å². The van der Waals surface area contributed by atoms with Crippen LogP contribution in [0.4, 0.5) is 0 Å². The van der Waals surface area contributed by atoms with Crippen molar-refractivity contribution in [1.29, 1.82) is 5.26 Å². The van der Waals surface area contributed by atoms with E-state index in [1.807, 2.05) is 60.1 Å². The smallest absolute Gasteiger partial charge is 0.0991 e. The van der Waals surface area contributed by atoms with Crippen LogP contribution in [0.5, 0.6) is 0 Å². The molecule has 0 aliphatic heterocycles. The maximum Gasteiger partial charge on any atom is 0.0991 e. The SMILES string of the molecule is N#Cc1ccc(-c2ccc3sc4ccc(-c5cc6cccnc6c6ncccc56)cc4c3c2)cc1. The van der Waals surface area contributed by atoms with Crippen LogP contribution in [0.2, 0.25) is 0 Å². The van der Waals surface area contributed by atoms with Gasteiger partial charge in [0.2, 0.25) is 0 Å². The number of hydrogen-bond donors (Lipinski definition) is 0. The minimum Gasteiger partial charge on any atom is -0.254 e. The summed E-state index contributed by atoms with van der Waals surface area (Å²) in [6.45, 7) is 0. The second-order valence-electron chi connectivity index (χ2n) is 8.61. The fourth-order valence-electron chi connectivity index (χ4n) is 4.88. The molecule has 35 heavy (non-hydrogen) atoms. The van der Waals surface area contributed by atoms with E-state index in [1.54, 1.807) is 0 Å². The second-order valence-corrected chi connectivity index (χ2v) is 9.70. The molecule has 0 N–H and O–H groups in total. The Morgan fingerprint density at radius 3 is 2.03 bits per heavy atom. The molecule has 0 bridgehead atoms. The van der Waals surface area contributed by atoms with E-state index in [2.05, 4.69) is 70.6 Å². The van der Waals surface area contributed by atoms with Gasteiger partial charge < -0.3 is 0 Å². The number of rotatable bonds is 2. The van der Waals surface area contributed by atoms with Gasteiger partial charge in [-0.25, -0.2) is 0 Å². The number of thiophene rings is 1. The standard InChI is InChI=1S/C31H17N3S/c32-18-19-5-7-20(8-6-19)21-9-11-28-26(15-21)27-16-22(10-12-29(27)35-28)25-17-23-3-1-13-33-30(23)31-24(25)4-2-14-34-31/h1-17H. The van der Waals surface area contributed by atoms with Crippen molar-refractivity contribution in [3.63, 3.8) is 0 Å². The summed E-state index contributed by atoms with van der Waals surface area (Å²) in [5.41, 5.74) is 7.13. The van der Waals surface area contributed by atoms with E-state index in [-0.39, 0.29) is 0 Å². The summed E-state index contributed by atoms with van der Waals surface area (Å²) in [7, 11) is 0. The highest BCUT2D eigenvalue weighted by Crippen LogP contribution is 2.40. The molecule has 162 valence electrons. The highest BCUT2D eigenvalue weighted by atomic mass is 32.1. The topological polar surface area (TPSA) is 49.6 Å². The summed E-state index contributed by atoms with van der Waals surface area (Å²) in [6.07, 6.45) is 3.66. The van der Waals surface area contributed by atoms with Crippen molar-refractivity contribution in [2.45, 2.75) is 0 Å². The van der Waals surface area contributed by atoms with E-state index in [0.29, 0.717) is 5.56 Å². The highest BCUT2D eigenvalue weighted by molar-refractivity contribution is 7.25. The third kappa shape index (κ3) is 3.18. The molecule has 0 spiro atoms. The zero-order chi connectivity index (χ0) is 23.4. The van der Waals surface area contributed by atoms with Crippen LogP contribution >= 0.6 is 11.3 Å². The van der Waals surface area contributed by atoms with Gasteiger partial charge in [-0.2, -0.15) is 5.26 Å². The van der Waals surface area contributed by atoms with Gasteiger partial charge in [-0.1, -0.05) is 36.4 Å². The number of fused-ring (bicyclic) bond motifs is 6. The van der Waals surface area contributed by atoms with Gasteiger partial charge >= 0.3 is 0 Å². The fourth-order valence-corrected chi connectivity index (χ4v) is 5.94. The van der Waals surface area contributed by atoms with E-state index < -0.39 is 0 Å². The first-order valence-electron chi connectivity index (χ1n) is 11.4. The van der Waals surface area contributed by atoms with Gasteiger partial charge in [-0.15, -0.1) is 11.3 Å². The van der Waals surface area contributed by atoms with Gasteiger partial charge in [0.05, 0.1) is 22.7 Å². The molecule has 0 aliphatic rings. The summed E-state index contributed by atoms with van der Waals surface area (Å²) in [6, 6.07) is 33.8. The van der Waals surface area contributed by atoms with Crippen LogP contribution < -0.4 is 0 Å². The predicted molar refractivity (Wildman–Crippen MR) is 146 cm³/mol. The maximum absolute atomic E-state index is 9.12. The number of benzene rings is 4. The molecule has 0 aliphatic carbocycles. The lowest BCUT2D eigenvalue weighted by Gasteiger charge is -2.10. The third-order valence-corrected chi connectivity index (χ3v) is 7.74. The quantitative estimate of drug-likeness (QED) is 0.242. The van der Waals surface area contributed by atoms with Crippen molar-refractivity contribution in [3.8, 4) is 28.3 Å². The summed E-state index contributed by atoms with van der Waals surface area (Å²) in [4.78, 5) is 9.27. The van der Waals surface area contributed by atoms with Crippen LogP contribution in [0, 0.1) is 11.3 Å². The number of nitrogens with zero attached hydrogens (tertiary/aromatic N) is 3. The van der Waals surface area contributed by atoms with Crippen LogP contribution in [-0.4, -0.2) is 9.97 Å². The Hall–Kier alpha value is -4.59. The molecular formula is C31H17N3S. The minimum atomic E-state index is 0.674. The molecule has 0 unspecified atom stereocenters. The summed E-state index contributed by atoms with van der Waals surface area (Å²) in [5.74, 6) is 0. The molecule has 0 fully saturated rings. The Bertz CT molecular complexity index is 1960. The number of hydrogen-bond acceptors (Lipinski definition) is 4. The molecule has 0 amide bonds. The first-order valence-corrected chi connectivity index (χ1v) is 12.2. The maximum atomic E-state index is 9.12. The van der Waals surface area contributed by atoms with Gasteiger partial charge in [0, 0.05) is 43.3 Å². The molecular weight excluding hydrogens is 446 g/mol. The Morgan fingerprint density at radius 2 is 1.26 bits per heavy atom. The molecule has 0 saturated heterocycles. The lowest BCUT2D eigenvalue weighted by atomic mass is 9.96. The van der Waals surface area contributed by atoms with E-state index in [0.717, 1.165) is 38.5 Å². The van der Waals surface area contributed by atoms with E-state index in [1.165, 1.54) is 25.7 Å². The Labute approximate surface area is 205 Å². The fraction of sp³-hybridized carbons (Fsp3) is 0. The van der Waals surface area contributed by atoms with E-state index >= 15 is 0 Å². The van der Waals surface area contributed by atoms with Crippen LogP contribution in [-0.2, 0) is 0 Å². The Morgan fingerprint density at radius 1 is 0.600 bits per heavy atom. The van der Waals surface area contributed by atoms with Gasteiger partial charge in [0.1, 0.15) is 0 Å². The average molecular weight is 464 g/mol. The minimum absolute atomic E-state index is 0.674. The number of pyridine rings is 2. The molecule has 0 radical (unpaired) electrons. The lowest BCUT2D eigenvalue weighted by molar-refractivity contribution is 1.37. The zero-order valence-electron chi connectivity index (χ0n) is 18.6. The first-order chi connectivity index (χ1) is 17.3. The predicted octanol–water partition coefficient (Wildman–Crippen LogP) is 8.36. The highest BCUT2D eigenvalue weighted by Gasteiger charge is 2.13. The van der Waals surface area contributed by atoms with Crippen molar-refractivity contribution >= 4 is 53.3 Å². The second kappa shape index (κ2) is 7.73. The number of nitriles is 1. The van der Waals surface area contributed by atoms with Crippen molar-refractivity contribution in [1.82, 2.24) is 9.97 Å². The van der Waals surface area contributed by atoms with Gasteiger partial charge in [-0.3, -0.25) is 9.97 Å². The third-order valence-electron chi connectivity index (χ3n) is 6.59. The van der Waals surface area contributed by atoms with E-state index in [4.69, 9.17) is 5.26 Å². The van der Waals surface area contributed by atoms with Crippen LogP contribution in [0.3, 0.4) is 0 Å². The molecule has 4 heteroatoms. The molecule has 3 heterocycles. The molecule has 0 atom stereocenters. The van der Waals surface area contributed by atoms with Gasteiger partial charge in [0.25, 0.3) is 0 Å². The van der Waals surface area contributed by atoms with Gasteiger partial charge in [-0.05, 0) is 76.9 Å². The van der Waals surface area contributed by atoms with Crippen LogP contribution in [0.25, 0.3) is 64.2 Å².